The van der Waals surface area contributed by atoms with Crippen molar-refractivity contribution in [3.63, 3.8) is 0 Å². The summed E-state index contributed by atoms with van der Waals surface area (Å²) < 4.78 is 4.85. The first kappa shape index (κ1) is 14.2. The molecule has 0 saturated carbocycles. The van der Waals surface area contributed by atoms with Gasteiger partial charge in [-0.1, -0.05) is 19.0 Å². The summed E-state index contributed by atoms with van der Waals surface area (Å²) in [5.41, 5.74) is 0.586. The van der Waals surface area contributed by atoms with Crippen LogP contribution in [-0.4, -0.2) is 40.1 Å². The summed E-state index contributed by atoms with van der Waals surface area (Å²) in [6.07, 6.45) is 0.394. The summed E-state index contributed by atoms with van der Waals surface area (Å²) >= 11 is 0. The number of carbonyl (C=O) groups is 2. The lowest BCUT2D eigenvalue weighted by atomic mass is 10.0. The number of hydrogen-bond acceptors (Lipinski definition) is 4. The molecular formula is C12H18N2O4. The van der Waals surface area contributed by atoms with Gasteiger partial charge in [-0.05, 0) is 19.3 Å². The van der Waals surface area contributed by atoms with Gasteiger partial charge in [-0.15, -0.1) is 0 Å². The Bertz CT molecular complexity index is 439. The fraction of sp³-hybridized carbons (Fsp3) is 0.583. The highest BCUT2D eigenvalue weighted by molar-refractivity contribution is 5.94. The van der Waals surface area contributed by atoms with Gasteiger partial charge < -0.3 is 14.5 Å². The number of likely N-dealkylation sites (N-methyl/N-ethyl adjacent to an activating group) is 1. The molecule has 0 radical (unpaired) electrons. The minimum absolute atomic E-state index is 0.0602. The molecule has 0 aliphatic carbocycles. The molecule has 0 aliphatic heterocycles. The first-order valence-electron chi connectivity index (χ1n) is 5.76. The van der Waals surface area contributed by atoms with Gasteiger partial charge in [-0.3, -0.25) is 4.79 Å². The number of hydrogen-bond donors (Lipinski definition) is 1. The zero-order valence-electron chi connectivity index (χ0n) is 11.0. The van der Waals surface area contributed by atoms with Gasteiger partial charge in [0.2, 0.25) is 5.76 Å². The molecule has 1 heterocycles. The van der Waals surface area contributed by atoms with Crippen molar-refractivity contribution in [1.82, 2.24) is 10.1 Å². The molecule has 0 bridgehead atoms. The number of aliphatic carboxylic acids is 1. The second kappa shape index (κ2) is 5.66. The quantitative estimate of drug-likeness (QED) is 0.861. The zero-order valence-corrected chi connectivity index (χ0v) is 11.0. The largest absolute Gasteiger partial charge is 0.480 e. The van der Waals surface area contributed by atoms with Crippen LogP contribution in [0, 0.1) is 12.8 Å². The zero-order chi connectivity index (χ0) is 13.9. The summed E-state index contributed by atoms with van der Waals surface area (Å²) in [4.78, 5) is 24.4. The van der Waals surface area contributed by atoms with Crippen LogP contribution in [0.4, 0.5) is 0 Å². The van der Waals surface area contributed by atoms with Gasteiger partial charge in [0.15, 0.2) is 0 Å². The van der Waals surface area contributed by atoms with Gasteiger partial charge in [0.25, 0.3) is 5.91 Å². The third-order valence-electron chi connectivity index (χ3n) is 2.61. The Balaban J connectivity index is 2.86. The number of amides is 1. The standard InChI is InChI=1S/C12H18N2O4/c1-7(2)5-9(12(16)17)14(4)11(15)10-6-8(3)13-18-10/h6-7,9H,5H2,1-4H3,(H,16,17). The molecule has 1 aromatic rings. The summed E-state index contributed by atoms with van der Waals surface area (Å²) in [6, 6.07) is 0.635. The molecule has 1 aromatic heterocycles. The van der Waals surface area contributed by atoms with E-state index in [4.69, 9.17) is 9.63 Å². The Hall–Kier alpha value is -1.85. The Morgan fingerprint density at radius 2 is 2.11 bits per heavy atom. The number of carboxylic acid groups (broad SMARTS) is 1. The van der Waals surface area contributed by atoms with Gasteiger partial charge in [-0.2, -0.15) is 0 Å². The topological polar surface area (TPSA) is 83.6 Å². The SMILES string of the molecule is Cc1cc(C(=O)N(C)C(CC(C)C)C(=O)O)on1. The maximum absolute atomic E-state index is 12.0. The Morgan fingerprint density at radius 1 is 1.50 bits per heavy atom. The number of nitrogens with zero attached hydrogens (tertiary/aromatic N) is 2. The Labute approximate surface area is 106 Å². The summed E-state index contributed by atoms with van der Waals surface area (Å²) in [6.45, 7) is 5.52. The van der Waals surface area contributed by atoms with E-state index in [0.29, 0.717) is 12.1 Å². The highest BCUT2D eigenvalue weighted by atomic mass is 16.5. The lowest BCUT2D eigenvalue weighted by Gasteiger charge is -2.25. The third kappa shape index (κ3) is 3.32. The maximum Gasteiger partial charge on any atom is 0.326 e. The van der Waals surface area contributed by atoms with Crippen molar-refractivity contribution in [3.05, 3.63) is 17.5 Å². The molecule has 0 aliphatic rings. The minimum Gasteiger partial charge on any atom is -0.480 e. The second-order valence-corrected chi connectivity index (χ2v) is 4.73. The van der Waals surface area contributed by atoms with Crippen molar-refractivity contribution in [2.24, 2.45) is 5.92 Å². The van der Waals surface area contributed by atoms with E-state index in [1.54, 1.807) is 6.92 Å². The van der Waals surface area contributed by atoms with Gasteiger partial charge in [0.05, 0.1) is 5.69 Å². The fourth-order valence-corrected chi connectivity index (χ4v) is 1.65. The fourth-order valence-electron chi connectivity index (χ4n) is 1.65. The van der Waals surface area contributed by atoms with Crippen molar-refractivity contribution < 1.29 is 19.2 Å². The molecule has 100 valence electrons. The van der Waals surface area contributed by atoms with Crippen molar-refractivity contribution in [2.45, 2.75) is 33.2 Å². The van der Waals surface area contributed by atoms with Crippen molar-refractivity contribution in [2.75, 3.05) is 7.05 Å². The molecule has 1 unspecified atom stereocenters. The number of rotatable bonds is 5. The van der Waals surface area contributed by atoms with Crippen LogP contribution in [0.25, 0.3) is 0 Å². The summed E-state index contributed by atoms with van der Waals surface area (Å²) in [5, 5.41) is 12.8. The van der Waals surface area contributed by atoms with Crippen LogP contribution in [0.2, 0.25) is 0 Å². The maximum atomic E-state index is 12.0. The van der Waals surface area contributed by atoms with E-state index in [1.807, 2.05) is 13.8 Å². The molecule has 6 heteroatoms. The van der Waals surface area contributed by atoms with Gasteiger partial charge in [0, 0.05) is 13.1 Å². The molecule has 0 fully saturated rings. The third-order valence-corrected chi connectivity index (χ3v) is 2.61. The van der Waals surface area contributed by atoms with E-state index in [1.165, 1.54) is 18.0 Å². The molecular weight excluding hydrogens is 236 g/mol. The van der Waals surface area contributed by atoms with E-state index in [2.05, 4.69) is 5.16 Å². The molecule has 1 N–H and O–H groups in total. The number of aromatic nitrogens is 1. The molecule has 1 amide bonds. The highest BCUT2D eigenvalue weighted by Crippen LogP contribution is 2.14. The normalized spacial score (nSPS) is 12.5. The first-order valence-corrected chi connectivity index (χ1v) is 5.76. The van der Waals surface area contributed by atoms with Gasteiger partial charge in [0.1, 0.15) is 6.04 Å². The Kier molecular flexibility index (Phi) is 4.47. The van der Waals surface area contributed by atoms with Crippen LogP contribution < -0.4 is 0 Å². The van der Waals surface area contributed by atoms with Crippen molar-refractivity contribution in [1.29, 1.82) is 0 Å². The number of carboxylic acids is 1. The van der Waals surface area contributed by atoms with Crippen LogP contribution in [0.15, 0.2) is 10.6 Å². The van der Waals surface area contributed by atoms with Crippen LogP contribution in [0.3, 0.4) is 0 Å². The Morgan fingerprint density at radius 3 is 2.50 bits per heavy atom. The van der Waals surface area contributed by atoms with E-state index < -0.39 is 17.9 Å². The first-order chi connectivity index (χ1) is 8.32. The molecule has 0 spiro atoms. The predicted molar refractivity (Wildman–Crippen MR) is 64.2 cm³/mol. The molecule has 0 saturated heterocycles. The summed E-state index contributed by atoms with van der Waals surface area (Å²) in [7, 11) is 1.46. The number of aryl methyl sites for hydroxylation is 1. The van der Waals surface area contributed by atoms with Crippen LogP contribution in [0.1, 0.15) is 36.5 Å². The molecule has 18 heavy (non-hydrogen) atoms. The second-order valence-electron chi connectivity index (χ2n) is 4.73. The number of carbonyl (C=O) groups excluding carboxylic acids is 1. The van der Waals surface area contributed by atoms with E-state index >= 15 is 0 Å². The molecule has 1 rings (SSSR count). The predicted octanol–water partition coefficient (Wildman–Crippen LogP) is 1.55. The highest BCUT2D eigenvalue weighted by Gasteiger charge is 2.29. The average molecular weight is 254 g/mol. The van der Waals surface area contributed by atoms with E-state index in [-0.39, 0.29) is 11.7 Å². The lowest BCUT2D eigenvalue weighted by Crippen LogP contribution is -2.43. The average Bonchev–Trinajstić information content (AvgIpc) is 2.70. The summed E-state index contributed by atoms with van der Waals surface area (Å²) in [5.74, 6) is -1.25. The minimum atomic E-state index is -1.02. The van der Waals surface area contributed by atoms with E-state index in [9.17, 15) is 9.59 Å². The lowest BCUT2D eigenvalue weighted by molar-refractivity contribution is -0.142. The van der Waals surface area contributed by atoms with E-state index in [0.717, 1.165) is 0 Å². The smallest absolute Gasteiger partial charge is 0.326 e. The molecule has 6 nitrogen and oxygen atoms in total. The molecule has 1 atom stereocenters. The molecule has 0 aromatic carbocycles. The van der Waals surface area contributed by atoms with Gasteiger partial charge >= 0.3 is 5.97 Å². The van der Waals surface area contributed by atoms with Gasteiger partial charge in [-0.25, -0.2) is 4.79 Å². The monoisotopic (exact) mass is 254 g/mol. The van der Waals surface area contributed by atoms with Crippen molar-refractivity contribution >= 4 is 11.9 Å². The van der Waals surface area contributed by atoms with Crippen LogP contribution >= 0.6 is 0 Å². The van der Waals surface area contributed by atoms with Crippen LogP contribution in [-0.2, 0) is 4.79 Å². The van der Waals surface area contributed by atoms with Crippen LogP contribution in [0.5, 0.6) is 0 Å². The van der Waals surface area contributed by atoms with Crippen molar-refractivity contribution in [3.8, 4) is 0 Å².